The molecule has 3 heterocycles. The van der Waals surface area contributed by atoms with Gasteiger partial charge in [-0.2, -0.15) is 5.10 Å². The molecule has 1 atom stereocenters. The summed E-state index contributed by atoms with van der Waals surface area (Å²) in [5, 5.41) is 4.29. The van der Waals surface area contributed by atoms with Crippen LogP contribution in [0, 0.1) is 0 Å². The highest BCUT2D eigenvalue weighted by atomic mass is 16.3. The molecule has 126 valence electrons. The Morgan fingerprint density at radius 3 is 2.92 bits per heavy atom. The van der Waals surface area contributed by atoms with E-state index in [4.69, 9.17) is 4.42 Å². The second-order valence-corrected chi connectivity index (χ2v) is 6.27. The third kappa shape index (κ3) is 3.13. The zero-order valence-electron chi connectivity index (χ0n) is 14.0. The van der Waals surface area contributed by atoms with Crippen molar-refractivity contribution >= 4 is 12.0 Å². The van der Waals surface area contributed by atoms with Crippen LogP contribution in [0.4, 0.5) is 0 Å². The summed E-state index contributed by atoms with van der Waals surface area (Å²) in [6, 6.07) is 11.9. The number of aromatic nitrogens is 2. The molecule has 4 rings (SSSR count). The van der Waals surface area contributed by atoms with Gasteiger partial charge >= 0.3 is 0 Å². The van der Waals surface area contributed by atoms with Crippen molar-refractivity contribution in [3.05, 3.63) is 83.6 Å². The number of fused-ring (bicyclic) bond motifs is 1. The summed E-state index contributed by atoms with van der Waals surface area (Å²) in [5.74, 6) is 0.800. The first-order valence-electron chi connectivity index (χ1n) is 8.27. The number of amides is 1. The minimum absolute atomic E-state index is 0.0141. The Kier molecular flexibility index (Phi) is 3.98. The van der Waals surface area contributed by atoms with E-state index in [-0.39, 0.29) is 11.8 Å². The summed E-state index contributed by atoms with van der Waals surface area (Å²) >= 11 is 0. The van der Waals surface area contributed by atoms with Gasteiger partial charge in [-0.3, -0.25) is 9.48 Å². The molecular formula is C20H19N3O2. The molecule has 0 bridgehead atoms. The highest BCUT2D eigenvalue weighted by Gasteiger charge is 2.28. The van der Waals surface area contributed by atoms with Crippen molar-refractivity contribution in [3.8, 4) is 0 Å². The standard InChI is InChI=1S/C20H19N3O2/c1-22-12-16(11-21-22)19-14-23(13-15-5-2-3-7-18(15)19)20(24)9-8-17-6-4-10-25-17/h2-12,19H,13-14H2,1H3/b9-8+/t19-/m0/s1. The zero-order chi connectivity index (χ0) is 17.2. The van der Waals surface area contributed by atoms with Crippen LogP contribution < -0.4 is 0 Å². The summed E-state index contributed by atoms with van der Waals surface area (Å²) in [6.45, 7) is 1.26. The van der Waals surface area contributed by atoms with E-state index in [1.807, 2.05) is 36.5 Å². The smallest absolute Gasteiger partial charge is 0.247 e. The first kappa shape index (κ1) is 15.4. The van der Waals surface area contributed by atoms with Crippen LogP contribution in [0.1, 0.15) is 28.4 Å². The number of furan rings is 1. The molecule has 0 aliphatic carbocycles. The molecule has 0 saturated heterocycles. The molecule has 1 amide bonds. The van der Waals surface area contributed by atoms with Crippen LogP contribution in [0.25, 0.3) is 6.08 Å². The maximum absolute atomic E-state index is 12.7. The number of rotatable bonds is 3. The number of hydrogen-bond donors (Lipinski definition) is 0. The third-order valence-electron chi connectivity index (χ3n) is 4.57. The maximum Gasteiger partial charge on any atom is 0.247 e. The minimum atomic E-state index is -0.0141. The summed E-state index contributed by atoms with van der Waals surface area (Å²) < 4.78 is 7.05. The average Bonchev–Trinajstić information content (AvgIpc) is 3.30. The van der Waals surface area contributed by atoms with Gasteiger partial charge in [-0.25, -0.2) is 0 Å². The van der Waals surface area contributed by atoms with Crippen LogP contribution >= 0.6 is 0 Å². The highest BCUT2D eigenvalue weighted by molar-refractivity contribution is 5.91. The fraction of sp³-hybridized carbons (Fsp3) is 0.200. The van der Waals surface area contributed by atoms with E-state index in [2.05, 4.69) is 23.3 Å². The second-order valence-electron chi connectivity index (χ2n) is 6.27. The molecule has 25 heavy (non-hydrogen) atoms. The molecule has 1 aromatic carbocycles. The quantitative estimate of drug-likeness (QED) is 0.692. The first-order valence-corrected chi connectivity index (χ1v) is 8.27. The number of nitrogens with zero attached hydrogens (tertiary/aromatic N) is 3. The van der Waals surface area contributed by atoms with Crippen LogP contribution in [0.2, 0.25) is 0 Å². The summed E-state index contributed by atoms with van der Waals surface area (Å²) in [4.78, 5) is 14.5. The Bertz CT molecular complexity index is 909. The molecule has 0 saturated carbocycles. The van der Waals surface area contributed by atoms with E-state index < -0.39 is 0 Å². The molecular weight excluding hydrogens is 314 g/mol. The molecule has 0 N–H and O–H groups in total. The Morgan fingerprint density at radius 2 is 2.16 bits per heavy atom. The number of carbonyl (C=O) groups is 1. The molecule has 0 spiro atoms. The van der Waals surface area contributed by atoms with Gasteiger partial charge in [-0.1, -0.05) is 24.3 Å². The fourth-order valence-electron chi connectivity index (χ4n) is 3.32. The molecule has 2 aromatic heterocycles. The van der Waals surface area contributed by atoms with Crippen LogP contribution in [0.15, 0.2) is 65.5 Å². The van der Waals surface area contributed by atoms with Gasteiger partial charge in [0.15, 0.2) is 0 Å². The molecule has 1 aliphatic rings. The lowest BCUT2D eigenvalue weighted by atomic mass is 9.86. The molecule has 5 nitrogen and oxygen atoms in total. The van der Waals surface area contributed by atoms with Gasteiger partial charge in [0.1, 0.15) is 5.76 Å². The van der Waals surface area contributed by atoms with Gasteiger partial charge in [0, 0.05) is 38.3 Å². The van der Waals surface area contributed by atoms with Crippen molar-refractivity contribution in [2.45, 2.75) is 12.5 Å². The molecule has 5 heteroatoms. The van der Waals surface area contributed by atoms with Gasteiger partial charge in [0.2, 0.25) is 5.91 Å². The predicted octanol–water partition coefficient (Wildman–Crippen LogP) is 3.20. The van der Waals surface area contributed by atoms with Gasteiger partial charge in [0.25, 0.3) is 0 Å². The van der Waals surface area contributed by atoms with Crippen molar-refractivity contribution in [2.75, 3.05) is 6.54 Å². The van der Waals surface area contributed by atoms with E-state index in [0.717, 1.165) is 5.56 Å². The van der Waals surface area contributed by atoms with Crippen molar-refractivity contribution < 1.29 is 9.21 Å². The maximum atomic E-state index is 12.7. The van der Waals surface area contributed by atoms with Crippen LogP contribution in [-0.2, 0) is 18.4 Å². The van der Waals surface area contributed by atoms with Gasteiger partial charge in [0.05, 0.1) is 12.5 Å². The molecule has 0 radical (unpaired) electrons. The van der Waals surface area contributed by atoms with Crippen molar-refractivity contribution in [1.29, 1.82) is 0 Å². The number of carbonyl (C=O) groups excluding carboxylic acids is 1. The number of benzene rings is 1. The second kappa shape index (κ2) is 6.43. The molecule has 0 fully saturated rings. The molecule has 3 aromatic rings. The van der Waals surface area contributed by atoms with Crippen LogP contribution in [0.3, 0.4) is 0 Å². The van der Waals surface area contributed by atoms with E-state index in [0.29, 0.717) is 18.8 Å². The van der Waals surface area contributed by atoms with Crippen LogP contribution in [0.5, 0.6) is 0 Å². The lowest BCUT2D eigenvalue weighted by Crippen LogP contribution is -2.37. The van der Waals surface area contributed by atoms with Gasteiger partial charge in [-0.15, -0.1) is 0 Å². The zero-order valence-corrected chi connectivity index (χ0v) is 14.0. The fourth-order valence-corrected chi connectivity index (χ4v) is 3.32. The van der Waals surface area contributed by atoms with Crippen molar-refractivity contribution in [1.82, 2.24) is 14.7 Å². The van der Waals surface area contributed by atoms with Gasteiger partial charge < -0.3 is 9.32 Å². The minimum Gasteiger partial charge on any atom is -0.465 e. The predicted molar refractivity (Wildman–Crippen MR) is 94.7 cm³/mol. The van der Waals surface area contributed by atoms with Crippen molar-refractivity contribution in [3.63, 3.8) is 0 Å². The van der Waals surface area contributed by atoms with E-state index in [1.54, 1.807) is 29.2 Å². The van der Waals surface area contributed by atoms with E-state index >= 15 is 0 Å². The molecule has 1 aliphatic heterocycles. The Balaban J connectivity index is 1.62. The SMILES string of the molecule is Cn1cc([C@@H]2CN(C(=O)/C=C/c3ccco3)Cc3ccccc32)cn1. The normalized spacial score (nSPS) is 17.0. The Labute approximate surface area is 146 Å². The average molecular weight is 333 g/mol. The first-order chi connectivity index (χ1) is 12.2. The Hall–Kier alpha value is -3.08. The molecule has 0 unspecified atom stereocenters. The third-order valence-corrected chi connectivity index (χ3v) is 4.57. The van der Waals surface area contributed by atoms with Gasteiger partial charge in [-0.05, 0) is 34.9 Å². The van der Waals surface area contributed by atoms with E-state index in [9.17, 15) is 4.79 Å². The van der Waals surface area contributed by atoms with Crippen LogP contribution in [-0.4, -0.2) is 27.1 Å². The van der Waals surface area contributed by atoms with Crippen molar-refractivity contribution in [2.24, 2.45) is 7.05 Å². The summed E-state index contributed by atoms with van der Waals surface area (Å²) in [5.41, 5.74) is 3.58. The largest absolute Gasteiger partial charge is 0.465 e. The topological polar surface area (TPSA) is 51.3 Å². The number of aryl methyl sites for hydroxylation is 1. The summed E-state index contributed by atoms with van der Waals surface area (Å²) in [6.07, 6.45) is 8.79. The Morgan fingerprint density at radius 1 is 1.28 bits per heavy atom. The monoisotopic (exact) mass is 333 g/mol. The van der Waals surface area contributed by atoms with E-state index in [1.165, 1.54) is 11.1 Å². The summed E-state index contributed by atoms with van der Waals surface area (Å²) in [7, 11) is 1.91. The lowest BCUT2D eigenvalue weighted by Gasteiger charge is -2.34. The number of hydrogen-bond acceptors (Lipinski definition) is 3. The highest BCUT2D eigenvalue weighted by Crippen LogP contribution is 2.33. The lowest BCUT2D eigenvalue weighted by molar-refractivity contribution is -0.127.